The molecule has 1 amide bonds. The maximum atomic E-state index is 12.9. The minimum absolute atomic E-state index is 0.0242. The lowest BCUT2D eigenvalue weighted by Crippen LogP contribution is -2.23. The molecule has 0 bridgehead atoms. The van der Waals surface area contributed by atoms with Crippen molar-refractivity contribution < 1.29 is 19.0 Å². The van der Waals surface area contributed by atoms with Crippen LogP contribution in [0.15, 0.2) is 47.4 Å². The number of aromatic nitrogens is 1. The predicted octanol–water partition coefficient (Wildman–Crippen LogP) is 2.82. The quantitative estimate of drug-likeness (QED) is 0.749. The van der Waals surface area contributed by atoms with Crippen molar-refractivity contribution in [3.63, 3.8) is 0 Å². The lowest BCUT2D eigenvalue weighted by Gasteiger charge is -2.14. The van der Waals surface area contributed by atoms with Crippen LogP contribution >= 0.6 is 0 Å². The third kappa shape index (κ3) is 3.31. The number of hydrogen-bond donors (Lipinski definition) is 1. The molecule has 0 unspecified atom stereocenters. The molecular weight excluding hydrogens is 348 g/mol. The zero-order chi connectivity index (χ0) is 19.6. The van der Waals surface area contributed by atoms with Crippen molar-refractivity contribution in [3.05, 3.63) is 58.4 Å². The maximum Gasteiger partial charge on any atom is 0.261 e. The SMILES string of the molecule is COc1ccc(NC(=O)c2cn(C)c3c(OC)cccc3c2=O)c(OC)c1. The topological polar surface area (TPSA) is 78.8 Å². The second kappa shape index (κ2) is 7.41. The summed E-state index contributed by atoms with van der Waals surface area (Å²) in [5, 5.41) is 3.13. The van der Waals surface area contributed by atoms with Gasteiger partial charge in [-0.15, -0.1) is 0 Å². The van der Waals surface area contributed by atoms with Gasteiger partial charge in [-0.05, 0) is 24.3 Å². The number of nitrogens with one attached hydrogen (secondary N) is 1. The van der Waals surface area contributed by atoms with Crippen LogP contribution in [0.1, 0.15) is 10.4 Å². The molecule has 1 heterocycles. The summed E-state index contributed by atoms with van der Waals surface area (Å²) in [7, 11) is 6.33. The van der Waals surface area contributed by atoms with E-state index in [2.05, 4.69) is 5.32 Å². The van der Waals surface area contributed by atoms with Crippen LogP contribution in [0.3, 0.4) is 0 Å². The number of nitrogens with zero attached hydrogens (tertiary/aromatic N) is 1. The smallest absolute Gasteiger partial charge is 0.261 e. The van der Waals surface area contributed by atoms with Crippen molar-refractivity contribution in [1.82, 2.24) is 4.57 Å². The van der Waals surface area contributed by atoms with Gasteiger partial charge in [-0.25, -0.2) is 0 Å². The van der Waals surface area contributed by atoms with Gasteiger partial charge >= 0.3 is 0 Å². The molecule has 0 saturated carbocycles. The van der Waals surface area contributed by atoms with Gasteiger partial charge in [0.15, 0.2) is 0 Å². The molecule has 0 fully saturated rings. The molecular formula is C20H20N2O5. The Kier molecular flexibility index (Phi) is 5.03. The van der Waals surface area contributed by atoms with Gasteiger partial charge in [0.1, 0.15) is 22.8 Å². The number of methoxy groups -OCH3 is 3. The zero-order valence-corrected chi connectivity index (χ0v) is 15.5. The van der Waals surface area contributed by atoms with Crippen LogP contribution in [0.2, 0.25) is 0 Å². The summed E-state index contributed by atoms with van der Waals surface area (Å²) >= 11 is 0. The molecule has 0 aliphatic carbocycles. The van der Waals surface area contributed by atoms with E-state index in [4.69, 9.17) is 14.2 Å². The molecule has 0 spiro atoms. The lowest BCUT2D eigenvalue weighted by molar-refractivity contribution is 0.102. The second-order valence-corrected chi connectivity index (χ2v) is 5.86. The Morgan fingerprint density at radius 3 is 2.41 bits per heavy atom. The number of carbonyl (C=O) groups excluding carboxylic acids is 1. The van der Waals surface area contributed by atoms with E-state index in [9.17, 15) is 9.59 Å². The standard InChI is InChI=1S/C20H20N2O5/c1-22-11-14(19(23)13-6-5-7-16(26-3)18(13)22)20(24)21-15-9-8-12(25-2)10-17(15)27-4/h5-11H,1-4H3,(H,21,24). The number of rotatable bonds is 5. The van der Waals surface area contributed by atoms with Crippen LogP contribution in [0.25, 0.3) is 10.9 Å². The molecule has 1 N–H and O–H groups in total. The van der Waals surface area contributed by atoms with Gasteiger partial charge in [-0.1, -0.05) is 6.07 Å². The number of para-hydroxylation sites is 1. The van der Waals surface area contributed by atoms with Crippen molar-refractivity contribution in [2.24, 2.45) is 7.05 Å². The lowest BCUT2D eigenvalue weighted by atomic mass is 10.1. The largest absolute Gasteiger partial charge is 0.497 e. The number of hydrogen-bond acceptors (Lipinski definition) is 5. The van der Waals surface area contributed by atoms with Gasteiger partial charge in [0.05, 0.1) is 37.9 Å². The molecule has 3 rings (SSSR count). The summed E-state index contributed by atoms with van der Waals surface area (Å²) in [4.78, 5) is 25.6. The summed E-state index contributed by atoms with van der Waals surface area (Å²) in [6.07, 6.45) is 1.50. The molecule has 0 saturated heterocycles. The highest BCUT2D eigenvalue weighted by molar-refractivity contribution is 6.06. The second-order valence-electron chi connectivity index (χ2n) is 5.86. The summed E-state index contributed by atoms with van der Waals surface area (Å²) in [6, 6.07) is 10.2. The number of pyridine rings is 1. The van der Waals surface area contributed by atoms with Crippen LogP contribution in [-0.2, 0) is 7.05 Å². The maximum absolute atomic E-state index is 12.9. The van der Waals surface area contributed by atoms with Crippen molar-refractivity contribution in [1.29, 1.82) is 0 Å². The van der Waals surface area contributed by atoms with Gasteiger partial charge in [-0.2, -0.15) is 0 Å². The highest BCUT2D eigenvalue weighted by Gasteiger charge is 2.18. The zero-order valence-electron chi connectivity index (χ0n) is 15.5. The van der Waals surface area contributed by atoms with E-state index < -0.39 is 5.91 Å². The van der Waals surface area contributed by atoms with E-state index in [-0.39, 0.29) is 11.0 Å². The number of aryl methyl sites for hydroxylation is 1. The van der Waals surface area contributed by atoms with Crippen molar-refractivity contribution in [2.75, 3.05) is 26.6 Å². The Hall–Kier alpha value is -3.48. The molecule has 1 aromatic heterocycles. The monoisotopic (exact) mass is 368 g/mol. The average molecular weight is 368 g/mol. The molecule has 7 nitrogen and oxygen atoms in total. The van der Waals surface area contributed by atoms with Crippen LogP contribution in [-0.4, -0.2) is 31.8 Å². The van der Waals surface area contributed by atoms with Gasteiger partial charge < -0.3 is 24.1 Å². The highest BCUT2D eigenvalue weighted by atomic mass is 16.5. The minimum atomic E-state index is -0.524. The van der Waals surface area contributed by atoms with Crippen LogP contribution in [0.5, 0.6) is 17.2 Å². The fourth-order valence-corrected chi connectivity index (χ4v) is 2.95. The first-order valence-corrected chi connectivity index (χ1v) is 8.20. The number of anilines is 1. The molecule has 2 aromatic carbocycles. The normalized spacial score (nSPS) is 10.5. The Bertz CT molecular complexity index is 1070. The third-order valence-corrected chi connectivity index (χ3v) is 4.29. The number of carbonyl (C=O) groups is 1. The number of benzene rings is 2. The molecule has 140 valence electrons. The predicted molar refractivity (Wildman–Crippen MR) is 103 cm³/mol. The van der Waals surface area contributed by atoms with Gasteiger partial charge in [0, 0.05) is 19.3 Å². The van der Waals surface area contributed by atoms with Crippen LogP contribution in [0.4, 0.5) is 5.69 Å². The summed E-state index contributed by atoms with van der Waals surface area (Å²) in [6.45, 7) is 0. The number of amides is 1. The van der Waals surface area contributed by atoms with Gasteiger partial charge in [0.25, 0.3) is 5.91 Å². The minimum Gasteiger partial charge on any atom is -0.497 e. The van der Waals surface area contributed by atoms with E-state index in [1.54, 1.807) is 55.1 Å². The Labute approximate surface area is 156 Å². The van der Waals surface area contributed by atoms with Crippen LogP contribution in [0, 0.1) is 0 Å². The average Bonchev–Trinajstić information content (AvgIpc) is 2.70. The van der Waals surface area contributed by atoms with Crippen molar-refractivity contribution in [3.8, 4) is 17.2 Å². The number of ether oxygens (including phenoxy) is 3. The summed E-state index contributed by atoms with van der Waals surface area (Å²) in [5.41, 5.74) is 0.725. The van der Waals surface area contributed by atoms with E-state index in [0.29, 0.717) is 33.8 Å². The Balaban J connectivity index is 2.05. The fraction of sp³-hybridized carbons (Fsp3) is 0.200. The highest BCUT2D eigenvalue weighted by Crippen LogP contribution is 2.29. The molecule has 27 heavy (non-hydrogen) atoms. The van der Waals surface area contributed by atoms with E-state index in [1.165, 1.54) is 20.4 Å². The molecule has 0 aliphatic heterocycles. The van der Waals surface area contributed by atoms with Crippen molar-refractivity contribution >= 4 is 22.5 Å². The first-order chi connectivity index (χ1) is 13.0. The Morgan fingerprint density at radius 1 is 1.00 bits per heavy atom. The molecule has 0 atom stereocenters. The first-order valence-electron chi connectivity index (χ1n) is 8.20. The molecule has 7 heteroatoms. The molecule has 3 aromatic rings. The van der Waals surface area contributed by atoms with Crippen molar-refractivity contribution in [2.45, 2.75) is 0 Å². The van der Waals surface area contributed by atoms with E-state index in [0.717, 1.165) is 0 Å². The summed E-state index contributed by atoms with van der Waals surface area (Å²) in [5.74, 6) is 1.07. The van der Waals surface area contributed by atoms with Gasteiger partial charge in [0.2, 0.25) is 5.43 Å². The van der Waals surface area contributed by atoms with E-state index in [1.807, 2.05) is 0 Å². The third-order valence-electron chi connectivity index (χ3n) is 4.29. The van der Waals surface area contributed by atoms with Crippen LogP contribution < -0.4 is 25.0 Å². The molecule has 0 radical (unpaired) electrons. The van der Waals surface area contributed by atoms with E-state index >= 15 is 0 Å². The number of fused-ring (bicyclic) bond motifs is 1. The molecule has 0 aliphatic rings. The fourth-order valence-electron chi connectivity index (χ4n) is 2.95. The first kappa shape index (κ1) is 18.3. The summed E-state index contributed by atoms with van der Waals surface area (Å²) < 4.78 is 17.5. The Morgan fingerprint density at radius 2 is 1.74 bits per heavy atom. The van der Waals surface area contributed by atoms with Gasteiger partial charge in [-0.3, -0.25) is 9.59 Å².